The van der Waals surface area contributed by atoms with E-state index in [2.05, 4.69) is 29.5 Å². The summed E-state index contributed by atoms with van der Waals surface area (Å²) in [6.07, 6.45) is 1.09. The summed E-state index contributed by atoms with van der Waals surface area (Å²) < 4.78 is 16.5. The van der Waals surface area contributed by atoms with E-state index in [-0.39, 0.29) is 0 Å². The predicted octanol–water partition coefficient (Wildman–Crippen LogP) is 2.82. The van der Waals surface area contributed by atoms with Gasteiger partial charge in [0.25, 0.3) is 0 Å². The van der Waals surface area contributed by atoms with Gasteiger partial charge in [0.1, 0.15) is 0 Å². The van der Waals surface area contributed by atoms with Gasteiger partial charge in [-0.3, -0.25) is 4.99 Å². The second-order valence-corrected chi connectivity index (χ2v) is 6.07. The van der Waals surface area contributed by atoms with E-state index < -0.39 is 0 Å². The Hall–Kier alpha value is -1.95. The Morgan fingerprint density at radius 1 is 1.16 bits per heavy atom. The van der Waals surface area contributed by atoms with E-state index in [4.69, 9.17) is 14.2 Å². The van der Waals surface area contributed by atoms with Crippen molar-refractivity contribution < 1.29 is 14.2 Å². The van der Waals surface area contributed by atoms with Crippen LogP contribution in [0, 0.1) is 5.92 Å². The van der Waals surface area contributed by atoms with E-state index in [0.29, 0.717) is 25.7 Å². The Bertz CT molecular complexity index is 519. The number of hydrogen-bond donors (Lipinski definition) is 2. The van der Waals surface area contributed by atoms with Gasteiger partial charge in [-0.2, -0.15) is 0 Å². The second-order valence-electron chi connectivity index (χ2n) is 6.07. The number of benzene rings is 1. The van der Waals surface area contributed by atoms with Gasteiger partial charge in [0.05, 0.1) is 20.3 Å². The van der Waals surface area contributed by atoms with Crippen LogP contribution in [0.2, 0.25) is 0 Å². The Kier molecular flexibility index (Phi) is 10.5. The molecule has 1 aromatic carbocycles. The molecule has 6 nitrogen and oxygen atoms in total. The van der Waals surface area contributed by atoms with Crippen LogP contribution in [0.25, 0.3) is 0 Å². The number of nitrogens with one attached hydrogen (secondary N) is 2. The van der Waals surface area contributed by atoms with Crippen LogP contribution < -0.4 is 20.1 Å². The first-order valence-corrected chi connectivity index (χ1v) is 8.92. The first kappa shape index (κ1) is 21.1. The lowest BCUT2D eigenvalue weighted by molar-refractivity contribution is 0.128. The molecule has 0 bridgehead atoms. The highest BCUT2D eigenvalue weighted by molar-refractivity contribution is 5.79. The molecule has 6 heteroatoms. The lowest BCUT2D eigenvalue weighted by Gasteiger charge is -2.14. The topological polar surface area (TPSA) is 64.1 Å². The minimum atomic E-state index is 0.615. The molecule has 142 valence electrons. The first-order valence-electron chi connectivity index (χ1n) is 8.92. The smallest absolute Gasteiger partial charge is 0.191 e. The molecule has 0 unspecified atom stereocenters. The van der Waals surface area contributed by atoms with E-state index in [1.807, 2.05) is 25.1 Å². The van der Waals surface area contributed by atoms with Crippen LogP contribution in [0.4, 0.5) is 0 Å². The third-order valence-electron chi connectivity index (χ3n) is 3.59. The Morgan fingerprint density at radius 3 is 2.60 bits per heavy atom. The average molecular weight is 351 g/mol. The normalized spacial score (nSPS) is 11.5. The maximum atomic E-state index is 5.59. The van der Waals surface area contributed by atoms with Crippen molar-refractivity contribution >= 4 is 5.96 Å². The fourth-order valence-corrected chi connectivity index (χ4v) is 2.17. The van der Waals surface area contributed by atoms with Crippen molar-refractivity contribution in [2.24, 2.45) is 10.9 Å². The molecule has 0 saturated carbocycles. The molecule has 0 aliphatic rings. The molecule has 0 spiro atoms. The van der Waals surface area contributed by atoms with Crippen LogP contribution in [0.3, 0.4) is 0 Å². The van der Waals surface area contributed by atoms with Crippen molar-refractivity contribution in [3.8, 4) is 11.5 Å². The number of guanidine groups is 1. The molecule has 0 radical (unpaired) electrons. The predicted molar refractivity (Wildman–Crippen MR) is 103 cm³/mol. The summed E-state index contributed by atoms with van der Waals surface area (Å²) in [5.41, 5.74) is 1.09. The van der Waals surface area contributed by atoms with Crippen LogP contribution in [-0.4, -0.2) is 46.5 Å². The summed E-state index contributed by atoms with van der Waals surface area (Å²) in [6.45, 7) is 9.82. The SMILES string of the molecule is CCOc1ccc(CNC(=NC)NCCOCCC(C)C)cc1OC. The summed E-state index contributed by atoms with van der Waals surface area (Å²) in [6, 6.07) is 5.92. The van der Waals surface area contributed by atoms with Gasteiger partial charge < -0.3 is 24.8 Å². The van der Waals surface area contributed by atoms with Gasteiger partial charge in [0.2, 0.25) is 0 Å². The third-order valence-corrected chi connectivity index (χ3v) is 3.59. The minimum Gasteiger partial charge on any atom is -0.493 e. The molecule has 2 N–H and O–H groups in total. The number of hydrogen-bond acceptors (Lipinski definition) is 4. The zero-order chi connectivity index (χ0) is 18.5. The van der Waals surface area contributed by atoms with Crippen LogP contribution in [0.5, 0.6) is 11.5 Å². The highest BCUT2D eigenvalue weighted by atomic mass is 16.5. The summed E-state index contributed by atoms with van der Waals surface area (Å²) >= 11 is 0. The number of rotatable bonds is 11. The van der Waals surface area contributed by atoms with E-state index in [0.717, 1.165) is 42.6 Å². The maximum absolute atomic E-state index is 5.59. The van der Waals surface area contributed by atoms with Gasteiger partial charge in [-0.1, -0.05) is 19.9 Å². The van der Waals surface area contributed by atoms with Crippen LogP contribution in [0.15, 0.2) is 23.2 Å². The molecule has 1 aromatic rings. The standard InChI is InChI=1S/C19H33N3O3/c1-6-25-17-8-7-16(13-18(17)23-5)14-22-19(20-4)21-10-12-24-11-9-15(2)3/h7-8,13,15H,6,9-12,14H2,1-5H3,(H2,20,21,22). The van der Waals surface area contributed by atoms with Crippen molar-refractivity contribution in [3.63, 3.8) is 0 Å². The Morgan fingerprint density at radius 2 is 1.96 bits per heavy atom. The van der Waals surface area contributed by atoms with Gasteiger partial charge in [-0.25, -0.2) is 0 Å². The Balaban J connectivity index is 2.37. The lowest BCUT2D eigenvalue weighted by atomic mass is 10.1. The summed E-state index contributed by atoms with van der Waals surface area (Å²) in [7, 11) is 3.41. The number of nitrogens with zero attached hydrogens (tertiary/aromatic N) is 1. The van der Waals surface area contributed by atoms with Gasteiger partial charge >= 0.3 is 0 Å². The molecular formula is C19H33N3O3. The van der Waals surface area contributed by atoms with E-state index in [1.165, 1.54) is 0 Å². The van der Waals surface area contributed by atoms with E-state index in [9.17, 15) is 0 Å². The third kappa shape index (κ3) is 8.63. The summed E-state index contributed by atoms with van der Waals surface area (Å²) in [5.74, 6) is 2.92. The second kappa shape index (κ2) is 12.4. The first-order chi connectivity index (χ1) is 12.1. The van der Waals surface area contributed by atoms with Crippen molar-refractivity contribution in [1.29, 1.82) is 0 Å². The van der Waals surface area contributed by atoms with Crippen molar-refractivity contribution in [1.82, 2.24) is 10.6 Å². The zero-order valence-corrected chi connectivity index (χ0v) is 16.2. The molecule has 0 heterocycles. The maximum Gasteiger partial charge on any atom is 0.191 e. The largest absolute Gasteiger partial charge is 0.493 e. The summed E-state index contributed by atoms with van der Waals surface area (Å²) in [4.78, 5) is 4.22. The zero-order valence-electron chi connectivity index (χ0n) is 16.2. The highest BCUT2D eigenvalue weighted by Crippen LogP contribution is 2.27. The molecule has 1 rings (SSSR count). The minimum absolute atomic E-state index is 0.615. The van der Waals surface area contributed by atoms with Crippen LogP contribution in [-0.2, 0) is 11.3 Å². The fourth-order valence-electron chi connectivity index (χ4n) is 2.17. The molecule has 0 amide bonds. The fraction of sp³-hybridized carbons (Fsp3) is 0.632. The lowest BCUT2D eigenvalue weighted by Crippen LogP contribution is -2.38. The summed E-state index contributed by atoms with van der Waals surface area (Å²) in [5, 5.41) is 6.53. The van der Waals surface area contributed by atoms with Crippen molar-refractivity contribution in [2.45, 2.75) is 33.7 Å². The van der Waals surface area contributed by atoms with Gasteiger partial charge in [0.15, 0.2) is 17.5 Å². The number of aliphatic imine (C=N–C) groups is 1. The van der Waals surface area contributed by atoms with Crippen molar-refractivity contribution in [2.75, 3.05) is 40.5 Å². The molecule has 0 fully saturated rings. The molecule has 25 heavy (non-hydrogen) atoms. The molecule has 0 saturated heterocycles. The molecule has 0 aromatic heterocycles. The number of ether oxygens (including phenoxy) is 3. The highest BCUT2D eigenvalue weighted by Gasteiger charge is 2.06. The monoisotopic (exact) mass is 351 g/mol. The van der Waals surface area contributed by atoms with E-state index in [1.54, 1.807) is 14.2 Å². The molecular weight excluding hydrogens is 318 g/mol. The van der Waals surface area contributed by atoms with Crippen LogP contribution in [0.1, 0.15) is 32.8 Å². The van der Waals surface area contributed by atoms with Crippen molar-refractivity contribution in [3.05, 3.63) is 23.8 Å². The average Bonchev–Trinajstić information content (AvgIpc) is 2.61. The van der Waals surface area contributed by atoms with Gasteiger partial charge in [0, 0.05) is 26.7 Å². The Labute approximate surface area is 152 Å². The molecule has 0 aliphatic carbocycles. The van der Waals surface area contributed by atoms with Crippen LogP contribution >= 0.6 is 0 Å². The molecule has 0 aliphatic heterocycles. The van der Waals surface area contributed by atoms with Gasteiger partial charge in [-0.05, 0) is 37.0 Å². The van der Waals surface area contributed by atoms with E-state index >= 15 is 0 Å². The number of methoxy groups -OCH3 is 1. The molecule has 0 atom stereocenters. The quantitative estimate of drug-likeness (QED) is 0.365. The van der Waals surface area contributed by atoms with Gasteiger partial charge in [-0.15, -0.1) is 0 Å².